The molecule has 9 nitrogen and oxygen atoms in total. The van der Waals surface area contributed by atoms with Gasteiger partial charge in [-0.05, 0) is 55.0 Å². The highest BCUT2D eigenvalue weighted by atomic mass is 32.2. The molecule has 0 spiro atoms. The van der Waals surface area contributed by atoms with Crippen LogP contribution in [0, 0.1) is 11.8 Å². The summed E-state index contributed by atoms with van der Waals surface area (Å²) in [6.07, 6.45) is 2.99. The Morgan fingerprint density at radius 3 is 2.43 bits per heavy atom. The third-order valence-corrected chi connectivity index (χ3v) is 7.74. The highest BCUT2D eigenvalue weighted by Gasteiger charge is 2.42. The van der Waals surface area contributed by atoms with E-state index in [4.69, 9.17) is 9.47 Å². The zero-order chi connectivity index (χ0) is 26.4. The van der Waals surface area contributed by atoms with Crippen molar-refractivity contribution in [3.8, 4) is 17.6 Å². The van der Waals surface area contributed by atoms with Gasteiger partial charge in [-0.3, -0.25) is 14.6 Å². The molecule has 0 radical (unpaired) electrons. The van der Waals surface area contributed by atoms with E-state index in [1.54, 1.807) is 43.3 Å². The van der Waals surface area contributed by atoms with Gasteiger partial charge in [0.1, 0.15) is 18.4 Å². The summed E-state index contributed by atoms with van der Waals surface area (Å²) in [6, 6.07) is 14.7. The van der Waals surface area contributed by atoms with Gasteiger partial charge in [0.2, 0.25) is 10.0 Å². The van der Waals surface area contributed by atoms with Gasteiger partial charge in [-0.25, -0.2) is 8.42 Å². The molecule has 0 saturated carbocycles. The van der Waals surface area contributed by atoms with E-state index in [9.17, 15) is 18.0 Å². The molecule has 3 aromatic rings. The number of amides is 1. The van der Waals surface area contributed by atoms with Crippen LogP contribution in [0.4, 0.5) is 5.69 Å². The van der Waals surface area contributed by atoms with E-state index in [0.29, 0.717) is 22.6 Å². The Labute approximate surface area is 215 Å². The second-order valence-corrected chi connectivity index (χ2v) is 9.95. The van der Waals surface area contributed by atoms with Gasteiger partial charge in [-0.1, -0.05) is 24.1 Å². The first-order chi connectivity index (χ1) is 17.9. The van der Waals surface area contributed by atoms with Gasteiger partial charge in [0.05, 0.1) is 18.6 Å². The number of hydrogen-bond donors (Lipinski definition) is 0. The van der Waals surface area contributed by atoms with Crippen molar-refractivity contribution in [1.82, 2.24) is 9.29 Å². The van der Waals surface area contributed by atoms with E-state index in [1.807, 2.05) is 0 Å². The Balaban J connectivity index is 1.75. The van der Waals surface area contributed by atoms with Crippen LogP contribution >= 0.6 is 0 Å². The number of carbonyl (C=O) groups excluding carboxylic acids is 2. The molecule has 0 saturated heterocycles. The van der Waals surface area contributed by atoms with E-state index < -0.39 is 22.0 Å². The van der Waals surface area contributed by atoms with Gasteiger partial charge >= 0.3 is 5.97 Å². The van der Waals surface area contributed by atoms with Gasteiger partial charge < -0.3 is 14.4 Å². The Morgan fingerprint density at radius 1 is 1.05 bits per heavy atom. The van der Waals surface area contributed by atoms with Crippen molar-refractivity contribution in [3.05, 3.63) is 84.2 Å². The maximum atomic E-state index is 13.8. The number of carbonyl (C=O) groups is 2. The number of nitrogens with zero attached hydrogens (tertiary/aromatic N) is 3. The van der Waals surface area contributed by atoms with Gasteiger partial charge in [0.25, 0.3) is 5.91 Å². The number of rotatable bonds is 6. The van der Waals surface area contributed by atoms with Crippen molar-refractivity contribution in [3.63, 3.8) is 0 Å². The fourth-order valence-electron chi connectivity index (χ4n) is 4.01. The predicted octanol–water partition coefficient (Wildman–Crippen LogP) is 2.88. The van der Waals surface area contributed by atoms with Crippen LogP contribution in [-0.2, 0) is 26.1 Å². The standard InChI is InChI=1S/C27H25N3O6S/c1-3-4-17-36-22-9-11-23(12-10-22)37(33,34)30-18-21-7-5-6-8-24(21)29(19-25(30)27(32)35-2)26(31)20-13-15-28-16-14-20/h5-16,25H,17-19H2,1-2H3. The van der Waals surface area contributed by atoms with Crippen LogP contribution in [0.25, 0.3) is 0 Å². The lowest BCUT2D eigenvalue weighted by molar-refractivity contribution is -0.144. The molecule has 0 bridgehead atoms. The monoisotopic (exact) mass is 519 g/mol. The molecule has 1 amide bonds. The summed E-state index contributed by atoms with van der Waals surface area (Å²) in [5.41, 5.74) is 1.43. The van der Waals surface area contributed by atoms with Crippen LogP contribution in [-0.4, -0.2) is 55.9 Å². The van der Waals surface area contributed by atoms with E-state index >= 15 is 0 Å². The molecule has 10 heteroatoms. The second-order valence-electron chi connectivity index (χ2n) is 8.06. The SMILES string of the molecule is CC#CCOc1ccc(S(=O)(=O)N2Cc3ccccc3N(C(=O)c3ccncc3)CC2C(=O)OC)cc1. The van der Waals surface area contributed by atoms with E-state index in [0.717, 1.165) is 4.31 Å². The number of methoxy groups -OCH3 is 1. The lowest BCUT2D eigenvalue weighted by Gasteiger charge is -2.29. The average molecular weight is 520 g/mol. The first-order valence-corrected chi connectivity index (χ1v) is 12.8. The topological polar surface area (TPSA) is 106 Å². The summed E-state index contributed by atoms with van der Waals surface area (Å²) >= 11 is 0. The molecule has 1 unspecified atom stereocenters. The largest absolute Gasteiger partial charge is 0.481 e. The number of pyridine rings is 1. The summed E-state index contributed by atoms with van der Waals surface area (Å²) in [7, 11) is -3.00. The van der Waals surface area contributed by atoms with Gasteiger partial charge in [-0.15, -0.1) is 5.92 Å². The zero-order valence-corrected chi connectivity index (χ0v) is 21.1. The molecular formula is C27H25N3O6S. The molecule has 0 fully saturated rings. The minimum Gasteiger partial charge on any atom is -0.481 e. The maximum Gasteiger partial charge on any atom is 0.326 e. The van der Waals surface area contributed by atoms with Crippen molar-refractivity contribution >= 4 is 27.6 Å². The van der Waals surface area contributed by atoms with Crippen LogP contribution in [0.1, 0.15) is 22.8 Å². The molecule has 0 aliphatic carbocycles. The van der Waals surface area contributed by atoms with Crippen molar-refractivity contribution in [2.24, 2.45) is 0 Å². The number of aromatic nitrogens is 1. The minimum absolute atomic E-state index is 0.0262. The summed E-state index contributed by atoms with van der Waals surface area (Å²) < 4.78 is 39.2. The third kappa shape index (κ3) is 5.48. The molecule has 4 rings (SSSR count). The van der Waals surface area contributed by atoms with Crippen molar-refractivity contribution < 1.29 is 27.5 Å². The normalized spacial score (nSPS) is 15.5. The molecule has 190 valence electrons. The molecule has 2 heterocycles. The lowest BCUT2D eigenvalue weighted by Crippen LogP contribution is -2.50. The highest BCUT2D eigenvalue weighted by Crippen LogP contribution is 2.32. The van der Waals surface area contributed by atoms with E-state index in [2.05, 4.69) is 16.8 Å². The van der Waals surface area contributed by atoms with Gasteiger partial charge in [-0.2, -0.15) is 4.31 Å². The van der Waals surface area contributed by atoms with Crippen LogP contribution < -0.4 is 9.64 Å². The maximum absolute atomic E-state index is 13.8. The zero-order valence-electron chi connectivity index (χ0n) is 20.3. The molecule has 1 atom stereocenters. The molecule has 0 N–H and O–H groups in total. The summed E-state index contributed by atoms with van der Waals surface area (Å²) in [4.78, 5) is 31.8. The number of esters is 1. The number of hydrogen-bond acceptors (Lipinski definition) is 7. The minimum atomic E-state index is -4.19. The summed E-state index contributed by atoms with van der Waals surface area (Å²) in [6.45, 7) is 1.50. The fourth-order valence-corrected chi connectivity index (χ4v) is 5.55. The quantitative estimate of drug-likeness (QED) is 0.364. The lowest BCUT2D eigenvalue weighted by atomic mass is 10.1. The molecular weight excluding hydrogens is 494 g/mol. The molecule has 1 aromatic heterocycles. The number of benzene rings is 2. The highest BCUT2D eigenvalue weighted by molar-refractivity contribution is 7.89. The van der Waals surface area contributed by atoms with Crippen molar-refractivity contribution in [1.29, 1.82) is 0 Å². The van der Waals surface area contributed by atoms with E-state index in [-0.39, 0.29) is 30.5 Å². The van der Waals surface area contributed by atoms with E-state index in [1.165, 1.54) is 48.7 Å². The van der Waals surface area contributed by atoms with Crippen LogP contribution in [0.5, 0.6) is 5.75 Å². The van der Waals surface area contributed by atoms with Crippen LogP contribution in [0.15, 0.2) is 78.0 Å². The molecule has 1 aliphatic rings. The number of fused-ring (bicyclic) bond motifs is 1. The molecule has 37 heavy (non-hydrogen) atoms. The number of para-hydroxylation sites is 1. The average Bonchev–Trinajstić information content (AvgIpc) is 3.11. The smallest absolute Gasteiger partial charge is 0.326 e. The first kappa shape index (κ1) is 25.9. The predicted molar refractivity (Wildman–Crippen MR) is 136 cm³/mol. The Morgan fingerprint density at radius 2 is 1.76 bits per heavy atom. The summed E-state index contributed by atoms with van der Waals surface area (Å²) in [5.74, 6) is 4.79. The Hall–Kier alpha value is -4.20. The van der Waals surface area contributed by atoms with Gasteiger partial charge in [0.15, 0.2) is 0 Å². The first-order valence-electron chi connectivity index (χ1n) is 11.4. The number of anilines is 1. The fraction of sp³-hybridized carbons (Fsp3) is 0.222. The van der Waals surface area contributed by atoms with Gasteiger partial charge in [0, 0.05) is 30.2 Å². The number of sulfonamides is 1. The van der Waals surface area contributed by atoms with Crippen molar-refractivity contribution in [2.75, 3.05) is 25.2 Å². The Kier molecular flexibility index (Phi) is 7.86. The van der Waals surface area contributed by atoms with Crippen LogP contribution in [0.2, 0.25) is 0 Å². The summed E-state index contributed by atoms with van der Waals surface area (Å²) in [5, 5.41) is 0. The third-order valence-electron chi connectivity index (χ3n) is 5.88. The van der Waals surface area contributed by atoms with Crippen molar-refractivity contribution in [2.45, 2.75) is 24.4 Å². The number of ether oxygens (including phenoxy) is 2. The molecule has 1 aliphatic heterocycles. The second kappa shape index (κ2) is 11.2. The van der Waals surface area contributed by atoms with Crippen LogP contribution in [0.3, 0.4) is 0 Å². The Bertz CT molecular complexity index is 1450. The molecule has 2 aromatic carbocycles.